The maximum absolute atomic E-state index is 11.6. The Morgan fingerprint density at radius 1 is 1.50 bits per heavy atom. The van der Waals surface area contributed by atoms with E-state index < -0.39 is 0 Å². The van der Waals surface area contributed by atoms with E-state index >= 15 is 0 Å². The maximum Gasteiger partial charge on any atom is 0.220 e. The van der Waals surface area contributed by atoms with Gasteiger partial charge in [0.15, 0.2) is 5.96 Å². The number of aryl methyl sites for hydroxylation is 1. The number of amides is 1. The zero-order valence-electron chi connectivity index (χ0n) is 14.3. The third-order valence-corrected chi connectivity index (χ3v) is 4.79. The van der Waals surface area contributed by atoms with Crippen molar-refractivity contribution < 1.29 is 4.79 Å². The van der Waals surface area contributed by atoms with E-state index in [4.69, 9.17) is 0 Å². The molecule has 24 heavy (non-hydrogen) atoms. The third kappa shape index (κ3) is 4.37. The normalized spacial score (nSPS) is 23.8. The molecule has 0 saturated carbocycles. The number of nitrogens with zero attached hydrogens (tertiary/aromatic N) is 3. The van der Waals surface area contributed by atoms with E-state index in [0.717, 1.165) is 49.7 Å². The van der Waals surface area contributed by atoms with E-state index in [1.807, 2.05) is 26.2 Å². The zero-order chi connectivity index (χ0) is 16.3. The molecule has 1 aromatic heterocycles. The lowest BCUT2D eigenvalue weighted by Crippen LogP contribution is -2.51. The fourth-order valence-electron chi connectivity index (χ4n) is 3.55. The van der Waals surface area contributed by atoms with Crippen LogP contribution in [0, 0.1) is 12.3 Å². The maximum atomic E-state index is 11.6. The van der Waals surface area contributed by atoms with Crippen molar-refractivity contribution in [1.29, 1.82) is 0 Å². The van der Waals surface area contributed by atoms with Crippen LogP contribution in [0.1, 0.15) is 30.5 Å². The van der Waals surface area contributed by atoms with Crippen molar-refractivity contribution in [2.24, 2.45) is 10.4 Å². The average molecular weight is 443 g/mol. The monoisotopic (exact) mass is 443 g/mol. The number of guanidine groups is 1. The van der Waals surface area contributed by atoms with Crippen LogP contribution in [0.25, 0.3) is 0 Å². The summed E-state index contributed by atoms with van der Waals surface area (Å²) in [6, 6.07) is 4.10. The number of piperidine rings is 1. The molecule has 2 aliphatic rings. The first-order valence-corrected chi connectivity index (χ1v) is 8.24. The molecule has 0 bridgehead atoms. The van der Waals surface area contributed by atoms with E-state index in [1.165, 1.54) is 0 Å². The van der Waals surface area contributed by atoms with Gasteiger partial charge in [0, 0.05) is 57.0 Å². The van der Waals surface area contributed by atoms with Crippen LogP contribution in [0.2, 0.25) is 0 Å². The Bertz CT molecular complexity index is 604. The molecule has 3 rings (SSSR count). The standard InChI is InChI=1S/C17H25N5O.HI/c1-13-4-5-14(9-19-13)10-20-16(18-2)22-7-3-6-17(12-22)8-15(23)21-11-17;/h4-5,9H,3,6-8,10-12H2,1-2H3,(H,18,20)(H,21,23);1H. The Hall–Kier alpha value is -1.38. The number of aliphatic imine (C=N–C) groups is 1. The summed E-state index contributed by atoms with van der Waals surface area (Å²) in [7, 11) is 1.81. The molecule has 2 aliphatic heterocycles. The SMILES string of the molecule is CN=C(NCc1ccc(C)nc1)N1CCCC2(CNC(=O)C2)C1.I. The molecule has 2 N–H and O–H groups in total. The summed E-state index contributed by atoms with van der Waals surface area (Å²) in [5, 5.41) is 6.41. The summed E-state index contributed by atoms with van der Waals surface area (Å²) < 4.78 is 0. The van der Waals surface area contributed by atoms with Crippen LogP contribution in [0.15, 0.2) is 23.3 Å². The number of rotatable bonds is 2. The van der Waals surface area contributed by atoms with Crippen LogP contribution in [0.3, 0.4) is 0 Å². The molecule has 6 nitrogen and oxygen atoms in total. The lowest BCUT2D eigenvalue weighted by molar-refractivity contribution is -0.119. The van der Waals surface area contributed by atoms with Crippen LogP contribution in [0.5, 0.6) is 0 Å². The lowest BCUT2D eigenvalue weighted by atomic mass is 9.79. The Morgan fingerprint density at radius 2 is 2.33 bits per heavy atom. The van der Waals surface area contributed by atoms with Gasteiger partial charge in [-0.3, -0.25) is 14.8 Å². The van der Waals surface area contributed by atoms with Gasteiger partial charge in [0.25, 0.3) is 0 Å². The second-order valence-electron chi connectivity index (χ2n) is 6.69. The van der Waals surface area contributed by atoms with Crippen molar-refractivity contribution in [1.82, 2.24) is 20.5 Å². The van der Waals surface area contributed by atoms with Crippen LogP contribution >= 0.6 is 24.0 Å². The minimum atomic E-state index is 0. The van der Waals surface area contributed by atoms with Crippen molar-refractivity contribution >= 4 is 35.8 Å². The molecule has 2 saturated heterocycles. The van der Waals surface area contributed by atoms with E-state index in [-0.39, 0.29) is 35.3 Å². The third-order valence-electron chi connectivity index (χ3n) is 4.79. The molecule has 3 heterocycles. The van der Waals surface area contributed by atoms with Gasteiger partial charge in [-0.25, -0.2) is 0 Å². The van der Waals surface area contributed by atoms with E-state index in [2.05, 4.69) is 31.6 Å². The van der Waals surface area contributed by atoms with E-state index in [1.54, 1.807) is 0 Å². The molecule has 0 aromatic carbocycles. The lowest BCUT2D eigenvalue weighted by Gasteiger charge is -2.40. The minimum Gasteiger partial charge on any atom is -0.355 e. The number of carbonyl (C=O) groups excluding carboxylic acids is 1. The van der Waals surface area contributed by atoms with Crippen LogP contribution in [-0.4, -0.2) is 48.4 Å². The van der Waals surface area contributed by atoms with Gasteiger partial charge in [-0.1, -0.05) is 6.07 Å². The molecule has 7 heteroatoms. The van der Waals surface area contributed by atoms with Gasteiger partial charge in [0.05, 0.1) is 0 Å². The zero-order valence-corrected chi connectivity index (χ0v) is 16.7. The van der Waals surface area contributed by atoms with Gasteiger partial charge >= 0.3 is 0 Å². The van der Waals surface area contributed by atoms with Gasteiger partial charge in [0.1, 0.15) is 0 Å². The predicted molar refractivity (Wildman–Crippen MR) is 105 cm³/mol. The summed E-state index contributed by atoms with van der Waals surface area (Å²) in [4.78, 5) is 22.6. The first-order chi connectivity index (χ1) is 11.1. The first-order valence-electron chi connectivity index (χ1n) is 8.24. The highest BCUT2D eigenvalue weighted by atomic mass is 127. The molecule has 132 valence electrons. The topological polar surface area (TPSA) is 69.6 Å². The molecule has 0 radical (unpaired) electrons. The number of likely N-dealkylation sites (tertiary alicyclic amines) is 1. The van der Waals surface area contributed by atoms with Gasteiger partial charge in [-0.2, -0.15) is 0 Å². The minimum absolute atomic E-state index is 0. The van der Waals surface area contributed by atoms with Crippen molar-refractivity contribution in [3.05, 3.63) is 29.6 Å². The Kier molecular flexibility index (Phi) is 6.42. The second-order valence-corrected chi connectivity index (χ2v) is 6.69. The molecule has 1 amide bonds. The summed E-state index contributed by atoms with van der Waals surface area (Å²) >= 11 is 0. The summed E-state index contributed by atoms with van der Waals surface area (Å²) in [5.41, 5.74) is 2.24. The van der Waals surface area contributed by atoms with Crippen LogP contribution in [0.4, 0.5) is 0 Å². The molecule has 1 spiro atoms. The van der Waals surface area contributed by atoms with Gasteiger partial charge in [-0.05, 0) is 31.4 Å². The number of nitrogens with one attached hydrogen (secondary N) is 2. The Balaban J connectivity index is 0.00000208. The summed E-state index contributed by atoms with van der Waals surface area (Å²) in [5.74, 6) is 1.09. The highest BCUT2D eigenvalue weighted by molar-refractivity contribution is 14.0. The number of hydrogen-bond donors (Lipinski definition) is 2. The van der Waals surface area contributed by atoms with E-state index in [0.29, 0.717) is 13.0 Å². The van der Waals surface area contributed by atoms with Crippen molar-refractivity contribution in [3.8, 4) is 0 Å². The first kappa shape index (κ1) is 19.0. The van der Waals surface area contributed by atoms with Gasteiger partial charge in [-0.15, -0.1) is 24.0 Å². The molecular formula is C17H26IN5O. The Labute approximate surface area is 160 Å². The molecule has 1 unspecified atom stereocenters. The highest BCUT2D eigenvalue weighted by Crippen LogP contribution is 2.35. The highest BCUT2D eigenvalue weighted by Gasteiger charge is 2.42. The molecular weight excluding hydrogens is 417 g/mol. The molecule has 2 fully saturated rings. The van der Waals surface area contributed by atoms with Crippen LogP contribution in [-0.2, 0) is 11.3 Å². The van der Waals surface area contributed by atoms with E-state index in [9.17, 15) is 4.79 Å². The average Bonchev–Trinajstić information content (AvgIpc) is 2.90. The number of carbonyl (C=O) groups is 1. The molecule has 0 aliphatic carbocycles. The van der Waals surface area contributed by atoms with Gasteiger partial charge in [0.2, 0.25) is 5.91 Å². The summed E-state index contributed by atoms with van der Waals surface area (Å²) in [6.07, 6.45) is 4.75. The quantitative estimate of drug-likeness (QED) is 0.415. The summed E-state index contributed by atoms with van der Waals surface area (Å²) in [6.45, 7) is 5.36. The number of pyridine rings is 1. The predicted octanol–water partition coefficient (Wildman–Crippen LogP) is 1.69. The van der Waals surface area contributed by atoms with Crippen molar-refractivity contribution in [3.63, 3.8) is 0 Å². The smallest absolute Gasteiger partial charge is 0.220 e. The van der Waals surface area contributed by atoms with Crippen molar-refractivity contribution in [2.45, 2.75) is 32.7 Å². The fraction of sp³-hybridized carbons (Fsp3) is 0.588. The second kappa shape index (κ2) is 8.13. The largest absolute Gasteiger partial charge is 0.355 e. The van der Waals surface area contributed by atoms with Crippen molar-refractivity contribution in [2.75, 3.05) is 26.7 Å². The number of halogens is 1. The Morgan fingerprint density at radius 3 is 2.96 bits per heavy atom. The van der Waals surface area contributed by atoms with Gasteiger partial charge < -0.3 is 15.5 Å². The molecule has 1 atom stereocenters. The fourth-order valence-corrected chi connectivity index (χ4v) is 3.55. The number of aromatic nitrogens is 1. The number of hydrogen-bond acceptors (Lipinski definition) is 3. The van der Waals surface area contributed by atoms with Crippen LogP contribution < -0.4 is 10.6 Å². The molecule has 1 aromatic rings.